The van der Waals surface area contributed by atoms with Crippen molar-refractivity contribution in [3.63, 3.8) is 0 Å². The molecule has 0 spiro atoms. The summed E-state index contributed by atoms with van der Waals surface area (Å²) in [7, 11) is 1.94. The Morgan fingerprint density at radius 2 is 1.97 bits per heavy atom. The van der Waals surface area contributed by atoms with Crippen LogP contribution in [0.25, 0.3) is 0 Å². The maximum Gasteiger partial charge on any atom is 0.270 e. The lowest BCUT2D eigenvalue weighted by atomic mass is 10.1. The highest BCUT2D eigenvalue weighted by Gasteiger charge is 2.34. The first-order valence-corrected chi connectivity index (χ1v) is 9.73. The molecule has 0 atom stereocenters. The van der Waals surface area contributed by atoms with Crippen LogP contribution in [-0.4, -0.2) is 49.7 Å². The van der Waals surface area contributed by atoms with E-state index in [1.54, 1.807) is 0 Å². The monoisotopic (exact) mass is 398 g/mol. The van der Waals surface area contributed by atoms with Gasteiger partial charge in [0.2, 0.25) is 5.91 Å². The molecule has 0 N–H and O–H groups in total. The second kappa shape index (κ2) is 8.46. The molecule has 0 saturated heterocycles. The molecule has 1 heterocycles. The molecule has 1 aromatic carbocycles. The van der Waals surface area contributed by atoms with E-state index in [0.29, 0.717) is 6.54 Å². The molecule has 8 nitrogen and oxygen atoms in total. The van der Waals surface area contributed by atoms with Gasteiger partial charge in [-0.3, -0.25) is 19.7 Å². The van der Waals surface area contributed by atoms with Crippen molar-refractivity contribution >= 4 is 17.5 Å². The number of hydrogen-bond acceptors (Lipinski definition) is 4. The van der Waals surface area contributed by atoms with Crippen molar-refractivity contribution in [2.75, 3.05) is 6.54 Å². The number of carbonyl (C=O) groups is 2. The van der Waals surface area contributed by atoms with E-state index in [1.807, 2.05) is 48.7 Å². The fourth-order valence-electron chi connectivity index (χ4n) is 3.29. The number of nitro benzene ring substituents is 1. The molecule has 0 aliphatic heterocycles. The van der Waals surface area contributed by atoms with Gasteiger partial charge in [0.1, 0.15) is 6.54 Å². The zero-order valence-electron chi connectivity index (χ0n) is 16.9. The van der Waals surface area contributed by atoms with Crippen molar-refractivity contribution in [2.45, 2.75) is 45.3 Å². The standard InChI is InChI=1S/C21H26N4O4/c1-15(2)23(21(27)16-6-4-7-18(12-16)25(28)29)14-20(26)24(17-9-10-17)13-19-8-5-11-22(19)3/h4-8,11-12,15,17H,9-10,13-14H2,1-3H3. The lowest BCUT2D eigenvalue weighted by molar-refractivity contribution is -0.384. The zero-order chi connectivity index (χ0) is 21.1. The molecule has 1 aliphatic carbocycles. The molecule has 0 radical (unpaired) electrons. The predicted octanol–water partition coefficient (Wildman–Crippen LogP) is 2.98. The van der Waals surface area contributed by atoms with Crippen LogP contribution >= 0.6 is 0 Å². The van der Waals surface area contributed by atoms with E-state index in [0.717, 1.165) is 18.5 Å². The number of nitro groups is 1. The van der Waals surface area contributed by atoms with Crippen molar-refractivity contribution in [2.24, 2.45) is 7.05 Å². The van der Waals surface area contributed by atoms with Crippen LogP contribution in [0.3, 0.4) is 0 Å². The Hall–Kier alpha value is -3.16. The molecule has 2 aromatic rings. The second-order valence-electron chi connectivity index (χ2n) is 7.70. The molecule has 2 amide bonds. The number of benzene rings is 1. The third-order valence-corrected chi connectivity index (χ3v) is 5.19. The van der Waals surface area contributed by atoms with Gasteiger partial charge in [0.05, 0.1) is 11.5 Å². The van der Waals surface area contributed by atoms with Crippen molar-refractivity contribution in [1.29, 1.82) is 0 Å². The molecule has 0 bridgehead atoms. The number of hydrogen-bond donors (Lipinski definition) is 0. The van der Waals surface area contributed by atoms with Crippen LogP contribution in [0, 0.1) is 10.1 Å². The lowest BCUT2D eigenvalue weighted by Gasteiger charge is -2.30. The van der Waals surface area contributed by atoms with Gasteiger partial charge in [0.15, 0.2) is 0 Å². The number of amides is 2. The Balaban J connectivity index is 1.77. The molecule has 3 rings (SSSR count). The van der Waals surface area contributed by atoms with E-state index in [1.165, 1.54) is 29.2 Å². The number of aryl methyl sites for hydroxylation is 1. The Morgan fingerprint density at radius 1 is 1.24 bits per heavy atom. The van der Waals surface area contributed by atoms with Crippen molar-refractivity contribution in [3.8, 4) is 0 Å². The third-order valence-electron chi connectivity index (χ3n) is 5.19. The fraction of sp³-hybridized carbons (Fsp3) is 0.429. The van der Waals surface area contributed by atoms with E-state index in [4.69, 9.17) is 0 Å². The van der Waals surface area contributed by atoms with Gasteiger partial charge in [0.25, 0.3) is 11.6 Å². The van der Waals surface area contributed by atoms with Crippen LogP contribution in [0.2, 0.25) is 0 Å². The summed E-state index contributed by atoms with van der Waals surface area (Å²) in [5.74, 6) is -0.493. The summed E-state index contributed by atoms with van der Waals surface area (Å²) >= 11 is 0. The molecular weight excluding hydrogens is 372 g/mol. The van der Waals surface area contributed by atoms with E-state index < -0.39 is 4.92 Å². The quantitative estimate of drug-likeness (QED) is 0.505. The van der Waals surface area contributed by atoms with Crippen molar-refractivity contribution in [3.05, 3.63) is 64.0 Å². The van der Waals surface area contributed by atoms with E-state index >= 15 is 0 Å². The molecule has 1 fully saturated rings. The number of nitrogens with zero attached hydrogens (tertiary/aromatic N) is 4. The lowest BCUT2D eigenvalue weighted by Crippen LogP contribution is -2.46. The van der Waals surface area contributed by atoms with Gasteiger partial charge in [-0.2, -0.15) is 0 Å². The summed E-state index contributed by atoms with van der Waals surface area (Å²) in [6.07, 6.45) is 3.88. The third kappa shape index (κ3) is 4.82. The van der Waals surface area contributed by atoms with Crippen LogP contribution in [-0.2, 0) is 18.4 Å². The Labute approximate surface area is 169 Å². The number of non-ortho nitro benzene ring substituents is 1. The van der Waals surface area contributed by atoms with Gasteiger partial charge >= 0.3 is 0 Å². The van der Waals surface area contributed by atoms with E-state index in [2.05, 4.69) is 0 Å². The maximum absolute atomic E-state index is 13.1. The Bertz CT molecular complexity index is 917. The average molecular weight is 398 g/mol. The Kier molecular flexibility index (Phi) is 6.00. The Morgan fingerprint density at radius 3 is 2.52 bits per heavy atom. The smallest absolute Gasteiger partial charge is 0.270 e. The van der Waals surface area contributed by atoms with Gasteiger partial charge < -0.3 is 14.4 Å². The van der Waals surface area contributed by atoms with Gasteiger partial charge in [-0.1, -0.05) is 6.07 Å². The molecule has 1 aromatic heterocycles. The summed E-state index contributed by atoms with van der Waals surface area (Å²) in [5.41, 5.74) is 1.10. The minimum absolute atomic E-state index is 0.0554. The summed E-state index contributed by atoms with van der Waals surface area (Å²) in [6, 6.07) is 9.53. The van der Waals surface area contributed by atoms with Gasteiger partial charge in [-0.05, 0) is 44.9 Å². The molecule has 0 unspecified atom stereocenters. The van der Waals surface area contributed by atoms with E-state index in [9.17, 15) is 19.7 Å². The van der Waals surface area contributed by atoms with Crippen molar-refractivity contribution < 1.29 is 14.5 Å². The average Bonchev–Trinajstić information content (AvgIpc) is 3.45. The molecular formula is C21H26N4O4. The minimum Gasteiger partial charge on any atom is -0.353 e. The number of aromatic nitrogens is 1. The highest BCUT2D eigenvalue weighted by atomic mass is 16.6. The highest BCUT2D eigenvalue weighted by Crippen LogP contribution is 2.29. The first-order chi connectivity index (χ1) is 13.8. The summed E-state index contributed by atoms with van der Waals surface area (Å²) in [4.78, 5) is 39.9. The molecule has 1 saturated carbocycles. The number of rotatable bonds is 8. The first kappa shape index (κ1) is 20.6. The molecule has 29 heavy (non-hydrogen) atoms. The molecule has 154 valence electrons. The predicted molar refractivity (Wildman–Crippen MR) is 108 cm³/mol. The first-order valence-electron chi connectivity index (χ1n) is 9.73. The van der Waals surface area contributed by atoms with Gasteiger partial charge in [-0.15, -0.1) is 0 Å². The van der Waals surface area contributed by atoms with Crippen LogP contribution in [0.1, 0.15) is 42.7 Å². The SMILES string of the molecule is CC(C)N(CC(=O)N(Cc1cccn1C)C1CC1)C(=O)c1cccc([N+](=O)[O-])c1. The van der Waals surface area contributed by atoms with Crippen LogP contribution < -0.4 is 0 Å². The van der Waals surface area contributed by atoms with Crippen LogP contribution in [0.4, 0.5) is 5.69 Å². The summed E-state index contributed by atoms with van der Waals surface area (Å²) in [5, 5.41) is 11.0. The fourth-order valence-corrected chi connectivity index (χ4v) is 3.29. The largest absolute Gasteiger partial charge is 0.353 e. The summed E-state index contributed by atoms with van der Waals surface area (Å²) in [6.45, 7) is 4.12. The molecule has 1 aliphatic rings. The highest BCUT2D eigenvalue weighted by molar-refractivity contribution is 5.97. The van der Waals surface area contributed by atoms with Gasteiger partial charge in [0, 0.05) is 48.7 Å². The minimum atomic E-state index is -0.531. The molecule has 8 heteroatoms. The van der Waals surface area contributed by atoms with Crippen LogP contribution in [0.15, 0.2) is 42.6 Å². The number of carbonyl (C=O) groups excluding carboxylic acids is 2. The van der Waals surface area contributed by atoms with Gasteiger partial charge in [-0.25, -0.2) is 0 Å². The van der Waals surface area contributed by atoms with Crippen molar-refractivity contribution in [1.82, 2.24) is 14.4 Å². The second-order valence-corrected chi connectivity index (χ2v) is 7.70. The van der Waals surface area contributed by atoms with Crippen LogP contribution in [0.5, 0.6) is 0 Å². The normalized spacial score (nSPS) is 13.4. The maximum atomic E-state index is 13.1. The summed E-state index contributed by atoms with van der Waals surface area (Å²) < 4.78 is 1.98. The topological polar surface area (TPSA) is 88.7 Å². The van der Waals surface area contributed by atoms with E-state index in [-0.39, 0.29) is 41.7 Å². The zero-order valence-corrected chi connectivity index (χ0v) is 16.9.